The van der Waals surface area contributed by atoms with Gasteiger partial charge in [0.05, 0.1) is 22.2 Å². The quantitative estimate of drug-likeness (QED) is 0.882. The molecule has 0 saturated carbocycles. The normalized spacial score (nSPS) is 9.88. The molecule has 1 heterocycles. The average molecular weight is 309 g/mol. The fraction of sp³-hybridized carbons (Fsp3) is 0.0833. The standard InChI is InChI=1S/C12H9BrN2OS/c13-9-3-4-17-12(9)7-16-11-2-1-8(6-14)5-10(11)15/h1-5H,7,15H2. The predicted octanol–water partition coefficient (Wildman–Crippen LogP) is 3.54. The zero-order chi connectivity index (χ0) is 12.3. The van der Waals surface area contributed by atoms with Gasteiger partial charge in [-0.25, -0.2) is 0 Å². The molecular weight excluding hydrogens is 300 g/mol. The first-order valence-electron chi connectivity index (χ1n) is 4.85. The van der Waals surface area contributed by atoms with Crippen molar-refractivity contribution in [3.63, 3.8) is 0 Å². The van der Waals surface area contributed by atoms with Crippen molar-refractivity contribution in [3.8, 4) is 11.8 Å². The summed E-state index contributed by atoms with van der Waals surface area (Å²) in [6, 6.07) is 9.03. The molecule has 0 aliphatic heterocycles. The van der Waals surface area contributed by atoms with E-state index < -0.39 is 0 Å². The molecule has 0 radical (unpaired) electrons. The minimum Gasteiger partial charge on any atom is -0.486 e. The zero-order valence-electron chi connectivity index (χ0n) is 8.81. The highest BCUT2D eigenvalue weighted by Crippen LogP contribution is 2.27. The largest absolute Gasteiger partial charge is 0.486 e. The summed E-state index contributed by atoms with van der Waals surface area (Å²) in [6.45, 7) is 0.467. The number of hydrogen-bond acceptors (Lipinski definition) is 4. The van der Waals surface area contributed by atoms with Crippen molar-refractivity contribution >= 4 is 33.0 Å². The monoisotopic (exact) mass is 308 g/mol. The Morgan fingerprint density at radius 2 is 2.24 bits per heavy atom. The summed E-state index contributed by atoms with van der Waals surface area (Å²) >= 11 is 5.05. The molecule has 0 unspecified atom stereocenters. The van der Waals surface area contributed by atoms with Crippen molar-refractivity contribution in [1.29, 1.82) is 5.26 Å². The van der Waals surface area contributed by atoms with E-state index in [2.05, 4.69) is 15.9 Å². The van der Waals surface area contributed by atoms with Gasteiger partial charge >= 0.3 is 0 Å². The van der Waals surface area contributed by atoms with Crippen LogP contribution in [0.5, 0.6) is 5.75 Å². The van der Waals surface area contributed by atoms with Crippen LogP contribution in [0.1, 0.15) is 10.4 Å². The Kier molecular flexibility index (Phi) is 3.67. The summed E-state index contributed by atoms with van der Waals surface area (Å²) < 4.78 is 6.64. The number of anilines is 1. The molecule has 0 aliphatic rings. The van der Waals surface area contributed by atoms with Gasteiger partial charge in [0, 0.05) is 4.47 Å². The highest BCUT2D eigenvalue weighted by Gasteiger charge is 2.05. The van der Waals surface area contributed by atoms with Crippen molar-refractivity contribution in [2.45, 2.75) is 6.61 Å². The molecule has 86 valence electrons. The first-order chi connectivity index (χ1) is 8.20. The molecule has 1 aromatic heterocycles. The molecule has 1 aromatic carbocycles. The second-order valence-electron chi connectivity index (χ2n) is 3.34. The van der Waals surface area contributed by atoms with E-state index in [1.807, 2.05) is 17.5 Å². The summed E-state index contributed by atoms with van der Waals surface area (Å²) in [6.07, 6.45) is 0. The van der Waals surface area contributed by atoms with Crippen molar-refractivity contribution < 1.29 is 4.74 Å². The topological polar surface area (TPSA) is 59.0 Å². The minimum atomic E-state index is 0.467. The Balaban J connectivity index is 2.10. The zero-order valence-corrected chi connectivity index (χ0v) is 11.2. The highest BCUT2D eigenvalue weighted by molar-refractivity contribution is 9.10. The van der Waals surface area contributed by atoms with Gasteiger partial charge < -0.3 is 10.5 Å². The number of nitrogens with two attached hydrogens (primary N) is 1. The van der Waals surface area contributed by atoms with Crippen LogP contribution in [0.25, 0.3) is 0 Å². The van der Waals surface area contributed by atoms with Crippen LogP contribution in [0.4, 0.5) is 5.69 Å². The summed E-state index contributed by atoms with van der Waals surface area (Å²) in [7, 11) is 0. The summed E-state index contributed by atoms with van der Waals surface area (Å²) in [4.78, 5) is 1.11. The maximum absolute atomic E-state index is 8.72. The Bertz CT molecular complexity index is 574. The molecule has 0 bridgehead atoms. The molecule has 0 aliphatic carbocycles. The Labute approximate surface area is 112 Å². The third-order valence-corrected chi connectivity index (χ3v) is 4.09. The lowest BCUT2D eigenvalue weighted by atomic mass is 10.2. The first kappa shape index (κ1) is 12.0. The van der Waals surface area contributed by atoms with Gasteiger partial charge in [0.25, 0.3) is 0 Å². The molecule has 0 amide bonds. The number of thiophene rings is 1. The number of rotatable bonds is 3. The maximum atomic E-state index is 8.72. The van der Waals surface area contributed by atoms with E-state index in [4.69, 9.17) is 15.7 Å². The first-order valence-corrected chi connectivity index (χ1v) is 6.52. The number of ether oxygens (including phenoxy) is 1. The number of nitriles is 1. The smallest absolute Gasteiger partial charge is 0.142 e. The van der Waals surface area contributed by atoms with E-state index in [1.165, 1.54) is 0 Å². The second-order valence-corrected chi connectivity index (χ2v) is 5.20. The third kappa shape index (κ3) is 2.78. The minimum absolute atomic E-state index is 0.467. The van der Waals surface area contributed by atoms with Gasteiger partial charge in [-0.3, -0.25) is 0 Å². The molecule has 0 atom stereocenters. The van der Waals surface area contributed by atoms with Gasteiger partial charge in [0.2, 0.25) is 0 Å². The molecule has 2 aromatic rings. The predicted molar refractivity (Wildman–Crippen MR) is 71.9 cm³/mol. The number of hydrogen-bond donors (Lipinski definition) is 1. The lowest BCUT2D eigenvalue weighted by molar-refractivity contribution is 0.311. The van der Waals surface area contributed by atoms with E-state index in [0.29, 0.717) is 23.6 Å². The Hall–Kier alpha value is -1.51. The molecule has 0 spiro atoms. The van der Waals surface area contributed by atoms with Crippen LogP contribution in [0.3, 0.4) is 0 Å². The number of halogens is 1. The molecule has 0 fully saturated rings. The molecule has 3 nitrogen and oxygen atoms in total. The number of benzene rings is 1. The molecule has 2 N–H and O–H groups in total. The van der Waals surface area contributed by atoms with E-state index in [-0.39, 0.29) is 0 Å². The van der Waals surface area contributed by atoms with Gasteiger partial charge in [-0.15, -0.1) is 11.3 Å². The van der Waals surface area contributed by atoms with Gasteiger partial charge in [0.15, 0.2) is 0 Å². The number of nitrogens with zero attached hydrogens (tertiary/aromatic N) is 1. The van der Waals surface area contributed by atoms with Gasteiger partial charge in [0.1, 0.15) is 12.4 Å². The second kappa shape index (κ2) is 5.21. The molecule has 5 heteroatoms. The summed E-state index contributed by atoms with van der Waals surface area (Å²) in [5, 5.41) is 10.7. The molecular formula is C12H9BrN2OS. The van der Waals surface area contributed by atoms with Crippen LogP contribution in [0.15, 0.2) is 34.1 Å². The van der Waals surface area contributed by atoms with Crippen LogP contribution in [0.2, 0.25) is 0 Å². The highest BCUT2D eigenvalue weighted by atomic mass is 79.9. The SMILES string of the molecule is N#Cc1ccc(OCc2sccc2Br)c(N)c1. The molecule has 2 rings (SSSR count). The third-order valence-electron chi connectivity index (χ3n) is 2.19. The van der Waals surface area contributed by atoms with E-state index in [0.717, 1.165) is 9.35 Å². The number of nitrogen functional groups attached to an aromatic ring is 1. The Morgan fingerprint density at radius 3 is 2.82 bits per heavy atom. The van der Waals surface area contributed by atoms with E-state index in [1.54, 1.807) is 29.5 Å². The van der Waals surface area contributed by atoms with Crippen molar-refractivity contribution in [2.75, 3.05) is 5.73 Å². The van der Waals surface area contributed by atoms with E-state index in [9.17, 15) is 0 Å². The fourth-order valence-corrected chi connectivity index (χ4v) is 2.70. The lowest BCUT2D eigenvalue weighted by Crippen LogP contribution is -1.98. The van der Waals surface area contributed by atoms with Gasteiger partial charge in [-0.2, -0.15) is 5.26 Å². The van der Waals surface area contributed by atoms with Crippen molar-refractivity contribution in [2.24, 2.45) is 0 Å². The van der Waals surface area contributed by atoms with E-state index >= 15 is 0 Å². The fourth-order valence-electron chi connectivity index (χ4n) is 1.32. The van der Waals surface area contributed by atoms with Gasteiger partial charge in [-0.1, -0.05) is 0 Å². The lowest BCUT2D eigenvalue weighted by Gasteiger charge is -2.08. The van der Waals surface area contributed by atoms with Crippen molar-refractivity contribution in [3.05, 3.63) is 44.6 Å². The average Bonchev–Trinajstić information content (AvgIpc) is 2.73. The molecule has 17 heavy (non-hydrogen) atoms. The Morgan fingerprint density at radius 1 is 1.41 bits per heavy atom. The van der Waals surface area contributed by atoms with Crippen molar-refractivity contribution in [1.82, 2.24) is 0 Å². The van der Waals surface area contributed by atoms with Crippen LogP contribution < -0.4 is 10.5 Å². The van der Waals surface area contributed by atoms with Crippen LogP contribution in [0, 0.1) is 11.3 Å². The van der Waals surface area contributed by atoms with Crippen LogP contribution >= 0.6 is 27.3 Å². The summed E-state index contributed by atoms with van der Waals surface area (Å²) in [5.41, 5.74) is 6.81. The van der Waals surface area contributed by atoms with Crippen LogP contribution in [-0.2, 0) is 6.61 Å². The summed E-state index contributed by atoms with van der Waals surface area (Å²) in [5.74, 6) is 0.601. The maximum Gasteiger partial charge on any atom is 0.142 e. The van der Waals surface area contributed by atoms with Crippen LogP contribution in [-0.4, -0.2) is 0 Å². The van der Waals surface area contributed by atoms with Gasteiger partial charge in [-0.05, 0) is 45.6 Å². The molecule has 0 saturated heterocycles.